The van der Waals surface area contributed by atoms with Crippen LogP contribution >= 0.6 is 11.6 Å². The van der Waals surface area contributed by atoms with Crippen LogP contribution in [-0.4, -0.2) is 32.0 Å². The van der Waals surface area contributed by atoms with Crippen molar-refractivity contribution < 1.29 is 19.2 Å². The third-order valence-corrected chi connectivity index (χ3v) is 5.55. The second kappa shape index (κ2) is 9.08. The zero-order valence-corrected chi connectivity index (χ0v) is 16.5. The predicted molar refractivity (Wildman–Crippen MR) is 108 cm³/mol. The van der Waals surface area contributed by atoms with Crippen LogP contribution in [0.1, 0.15) is 24.4 Å². The zero-order valence-electron chi connectivity index (χ0n) is 15.8. The van der Waals surface area contributed by atoms with Crippen molar-refractivity contribution in [1.29, 1.82) is 0 Å². The first kappa shape index (κ1) is 20.2. The van der Waals surface area contributed by atoms with E-state index in [0.717, 1.165) is 10.5 Å². The fourth-order valence-electron chi connectivity index (χ4n) is 3.74. The Kier molecular flexibility index (Phi) is 6.54. The summed E-state index contributed by atoms with van der Waals surface area (Å²) in [6.45, 7) is 1.42. The molecule has 2 aromatic carbocycles. The number of ether oxygens (including phenoxy) is 1. The second-order valence-corrected chi connectivity index (χ2v) is 7.42. The molecule has 1 heterocycles. The van der Waals surface area contributed by atoms with E-state index in [1.165, 1.54) is 0 Å². The third kappa shape index (κ3) is 4.64. The van der Waals surface area contributed by atoms with Crippen LogP contribution in [0, 0.1) is 5.92 Å². The number of carbonyl (C=O) groups excluding carboxylic acids is 2. The predicted octanol–water partition coefficient (Wildman–Crippen LogP) is 1.81. The molecule has 1 atom stereocenters. The number of piperidine rings is 1. The largest absolute Gasteiger partial charge is 0.495 e. The molecule has 0 unspecified atom stereocenters. The van der Waals surface area contributed by atoms with Crippen molar-refractivity contribution in [1.82, 2.24) is 0 Å². The van der Waals surface area contributed by atoms with Crippen LogP contribution in [-0.2, 0) is 9.59 Å². The highest BCUT2D eigenvalue weighted by Crippen LogP contribution is 2.27. The van der Waals surface area contributed by atoms with Gasteiger partial charge in [-0.05, 0) is 18.2 Å². The fraction of sp³-hybridized carbons (Fsp3) is 0.333. The van der Waals surface area contributed by atoms with Crippen LogP contribution in [0.5, 0.6) is 5.75 Å². The van der Waals surface area contributed by atoms with E-state index < -0.39 is 0 Å². The van der Waals surface area contributed by atoms with Gasteiger partial charge >= 0.3 is 0 Å². The molecule has 1 aliphatic rings. The smallest absolute Gasteiger partial charge is 0.287 e. The molecular formula is C21H25ClN3O3+. The number of likely N-dealkylation sites (tertiary alicyclic amines) is 1. The average Bonchev–Trinajstić information content (AvgIpc) is 2.69. The molecule has 148 valence electrons. The van der Waals surface area contributed by atoms with E-state index in [9.17, 15) is 9.59 Å². The lowest BCUT2D eigenvalue weighted by Crippen LogP contribution is -3.14. The normalized spacial score (nSPS) is 20.2. The van der Waals surface area contributed by atoms with Crippen LogP contribution in [0.3, 0.4) is 0 Å². The first-order valence-electron chi connectivity index (χ1n) is 9.33. The van der Waals surface area contributed by atoms with E-state index in [4.69, 9.17) is 22.1 Å². The van der Waals surface area contributed by atoms with Gasteiger partial charge in [0.05, 0.1) is 25.2 Å². The van der Waals surface area contributed by atoms with Gasteiger partial charge in [-0.25, -0.2) is 0 Å². The van der Waals surface area contributed by atoms with Crippen LogP contribution in [0.15, 0.2) is 48.5 Å². The van der Waals surface area contributed by atoms with Crippen molar-refractivity contribution in [3.05, 3.63) is 59.1 Å². The number of halogens is 1. The number of quaternary nitrogens is 1. The summed E-state index contributed by atoms with van der Waals surface area (Å²) in [6.07, 6.45) is 1.38. The zero-order chi connectivity index (χ0) is 20.1. The van der Waals surface area contributed by atoms with Crippen molar-refractivity contribution >= 4 is 29.1 Å². The number of hydrogen-bond donors (Lipinski definition) is 3. The van der Waals surface area contributed by atoms with Crippen LogP contribution < -0.4 is 20.7 Å². The molecule has 3 rings (SSSR count). The maximum absolute atomic E-state index is 13.2. The van der Waals surface area contributed by atoms with Crippen molar-refractivity contribution in [2.75, 3.05) is 25.5 Å². The minimum atomic E-state index is -0.379. The van der Waals surface area contributed by atoms with Crippen molar-refractivity contribution in [2.24, 2.45) is 11.7 Å². The van der Waals surface area contributed by atoms with Crippen molar-refractivity contribution in [3.8, 4) is 5.75 Å². The van der Waals surface area contributed by atoms with E-state index in [1.54, 1.807) is 25.3 Å². The number of benzene rings is 2. The summed E-state index contributed by atoms with van der Waals surface area (Å²) >= 11 is 6.18. The third-order valence-electron chi connectivity index (χ3n) is 5.25. The van der Waals surface area contributed by atoms with Gasteiger partial charge in [-0.2, -0.15) is 0 Å². The van der Waals surface area contributed by atoms with Gasteiger partial charge in [0.2, 0.25) is 5.91 Å². The summed E-state index contributed by atoms with van der Waals surface area (Å²) < 4.78 is 5.16. The van der Waals surface area contributed by atoms with E-state index in [0.29, 0.717) is 42.4 Å². The van der Waals surface area contributed by atoms with Gasteiger partial charge in [0, 0.05) is 30.0 Å². The molecule has 1 fully saturated rings. The summed E-state index contributed by atoms with van der Waals surface area (Å²) in [5.74, 6) is 0.0784. The van der Waals surface area contributed by atoms with E-state index in [2.05, 4.69) is 5.32 Å². The summed E-state index contributed by atoms with van der Waals surface area (Å²) in [5, 5.41) is 3.41. The Bertz CT molecular complexity index is 836. The molecule has 0 aliphatic carbocycles. The number of methoxy groups -OCH3 is 1. The molecule has 2 aromatic rings. The Morgan fingerprint density at radius 1 is 1.18 bits per heavy atom. The van der Waals surface area contributed by atoms with Crippen molar-refractivity contribution in [2.45, 2.75) is 18.9 Å². The molecule has 0 radical (unpaired) electrons. The molecule has 28 heavy (non-hydrogen) atoms. The molecule has 0 saturated carbocycles. The first-order chi connectivity index (χ1) is 13.5. The lowest BCUT2D eigenvalue weighted by Gasteiger charge is -2.33. The molecule has 0 aromatic heterocycles. The number of hydrogen-bond acceptors (Lipinski definition) is 3. The number of carbonyl (C=O) groups is 2. The Labute approximate surface area is 169 Å². The highest BCUT2D eigenvalue weighted by molar-refractivity contribution is 6.32. The number of primary amides is 1. The first-order valence-corrected chi connectivity index (χ1v) is 9.70. The van der Waals surface area contributed by atoms with Crippen LogP contribution in [0.4, 0.5) is 5.69 Å². The number of rotatable bonds is 6. The standard InChI is InChI=1S/C21H24ClN3O3/c1-28-18-8-7-16(13-17(18)22)24-21(27)19(14-5-3-2-4-6-14)25-11-9-15(10-12-25)20(23)26/h2-8,13,15,19H,9-12H2,1H3,(H2,23,26)(H,24,27)/p+1/t19-/m1/s1. The summed E-state index contributed by atoms with van der Waals surface area (Å²) in [4.78, 5) is 25.8. The van der Waals surface area contributed by atoms with E-state index in [1.807, 2.05) is 30.3 Å². The van der Waals surface area contributed by atoms with E-state index >= 15 is 0 Å². The van der Waals surface area contributed by atoms with Gasteiger partial charge in [-0.15, -0.1) is 0 Å². The van der Waals surface area contributed by atoms with Crippen LogP contribution in [0.2, 0.25) is 5.02 Å². The Morgan fingerprint density at radius 2 is 1.86 bits per heavy atom. The lowest BCUT2D eigenvalue weighted by molar-refractivity contribution is -0.927. The van der Waals surface area contributed by atoms with Gasteiger partial charge in [-0.1, -0.05) is 41.9 Å². The van der Waals surface area contributed by atoms with Gasteiger partial charge in [0.25, 0.3) is 5.91 Å². The van der Waals surface area contributed by atoms with Gasteiger partial charge in [0.1, 0.15) is 5.75 Å². The molecule has 4 N–H and O–H groups in total. The lowest BCUT2D eigenvalue weighted by atomic mass is 9.93. The minimum Gasteiger partial charge on any atom is -0.495 e. The molecule has 2 amide bonds. The fourth-order valence-corrected chi connectivity index (χ4v) is 4.00. The molecule has 0 bridgehead atoms. The summed E-state index contributed by atoms with van der Waals surface area (Å²) in [5.41, 5.74) is 7.00. The monoisotopic (exact) mass is 402 g/mol. The molecule has 6 nitrogen and oxygen atoms in total. The number of nitrogens with one attached hydrogen (secondary N) is 2. The van der Waals surface area contributed by atoms with Crippen LogP contribution in [0.25, 0.3) is 0 Å². The van der Waals surface area contributed by atoms with Gasteiger partial charge in [-0.3, -0.25) is 9.59 Å². The highest BCUT2D eigenvalue weighted by Gasteiger charge is 2.36. The summed E-state index contributed by atoms with van der Waals surface area (Å²) in [7, 11) is 1.55. The highest BCUT2D eigenvalue weighted by atomic mass is 35.5. The summed E-state index contributed by atoms with van der Waals surface area (Å²) in [6, 6.07) is 14.5. The second-order valence-electron chi connectivity index (χ2n) is 7.02. The molecule has 7 heteroatoms. The number of anilines is 1. The number of nitrogens with two attached hydrogens (primary N) is 1. The van der Waals surface area contributed by atoms with Gasteiger partial charge in [0.15, 0.2) is 6.04 Å². The Balaban J connectivity index is 1.80. The Morgan fingerprint density at radius 3 is 2.43 bits per heavy atom. The average molecular weight is 403 g/mol. The molecule has 1 saturated heterocycles. The molecule has 1 aliphatic heterocycles. The van der Waals surface area contributed by atoms with Crippen molar-refractivity contribution in [3.63, 3.8) is 0 Å². The number of amides is 2. The maximum Gasteiger partial charge on any atom is 0.287 e. The molecule has 0 spiro atoms. The molecular weight excluding hydrogens is 378 g/mol. The van der Waals surface area contributed by atoms with Gasteiger partial charge < -0.3 is 20.7 Å². The van der Waals surface area contributed by atoms with E-state index in [-0.39, 0.29) is 23.8 Å². The Hall–Kier alpha value is -2.57. The SMILES string of the molecule is COc1ccc(NC(=O)[C@@H](c2ccccc2)[NH+]2CCC(C(N)=O)CC2)cc1Cl. The minimum absolute atomic E-state index is 0.108. The quantitative estimate of drug-likeness (QED) is 0.688. The maximum atomic E-state index is 13.2. The topological polar surface area (TPSA) is 85.9 Å².